The van der Waals surface area contributed by atoms with E-state index in [2.05, 4.69) is 0 Å². The number of amides is 2. The zero-order chi connectivity index (χ0) is 25.0. The Bertz CT molecular complexity index is 1180. The number of pyridine rings is 1. The molecule has 2 heterocycles. The molecule has 4 rings (SSSR count). The lowest BCUT2D eigenvalue weighted by Crippen LogP contribution is -2.41. The molecule has 35 heavy (non-hydrogen) atoms. The Morgan fingerprint density at radius 1 is 0.914 bits per heavy atom. The van der Waals surface area contributed by atoms with E-state index in [1.54, 1.807) is 11.0 Å². The highest BCUT2D eigenvalue weighted by atomic mass is 16.6. The molecule has 2 aromatic carbocycles. The number of likely N-dealkylation sites (tertiary alicyclic amines) is 1. The summed E-state index contributed by atoms with van der Waals surface area (Å²) in [4.78, 5) is 31.1. The summed E-state index contributed by atoms with van der Waals surface area (Å²) in [6, 6.07) is 20.6. The second-order valence-electron chi connectivity index (χ2n) is 9.68. The zero-order valence-corrected chi connectivity index (χ0v) is 20.4. The summed E-state index contributed by atoms with van der Waals surface area (Å²) >= 11 is 0. The third-order valence-corrected chi connectivity index (χ3v) is 5.85. The number of hydrogen-bond acceptors (Lipinski definition) is 5. The molecule has 1 saturated heterocycles. The summed E-state index contributed by atoms with van der Waals surface area (Å²) in [5, 5.41) is 0. The number of carbonyl (C=O) groups excluding carboxylic acids is 2. The number of primary amides is 1. The Morgan fingerprint density at radius 2 is 1.54 bits per heavy atom. The predicted octanol–water partition coefficient (Wildman–Crippen LogP) is 5.75. The van der Waals surface area contributed by atoms with Crippen molar-refractivity contribution in [3.05, 3.63) is 78.0 Å². The maximum Gasteiger partial charge on any atom is 0.410 e. The van der Waals surface area contributed by atoms with Crippen LogP contribution in [0.1, 0.15) is 55.6 Å². The van der Waals surface area contributed by atoms with Crippen molar-refractivity contribution < 1.29 is 19.1 Å². The normalized spacial score (nSPS) is 14.4. The van der Waals surface area contributed by atoms with E-state index in [9.17, 15) is 9.59 Å². The quantitative estimate of drug-likeness (QED) is 0.509. The highest BCUT2D eigenvalue weighted by Crippen LogP contribution is 2.32. The van der Waals surface area contributed by atoms with Crippen LogP contribution in [0.2, 0.25) is 0 Å². The van der Waals surface area contributed by atoms with Gasteiger partial charge in [0.1, 0.15) is 17.1 Å². The van der Waals surface area contributed by atoms with Gasteiger partial charge in [-0.05, 0) is 82.1 Å². The van der Waals surface area contributed by atoms with Crippen LogP contribution >= 0.6 is 0 Å². The van der Waals surface area contributed by atoms with Gasteiger partial charge in [-0.3, -0.25) is 9.78 Å². The van der Waals surface area contributed by atoms with Gasteiger partial charge in [0.05, 0.1) is 11.3 Å². The Balaban J connectivity index is 1.51. The number of piperidine rings is 1. The summed E-state index contributed by atoms with van der Waals surface area (Å²) in [6.45, 7) is 6.79. The van der Waals surface area contributed by atoms with Gasteiger partial charge in [-0.15, -0.1) is 0 Å². The molecule has 2 amide bonds. The standard InChI is InChI=1S/C28H31N3O4/c1-28(2,3)35-27(33)31-17-15-19(16-18-31)24-14-13-23(26(29)32)25(30-24)20-9-11-22(12-10-20)34-21-7-5-4-6-8-21/h4-14,19H,15-18H2,1-3H3,(H2,29,32). The van der Waals surface area contributed by atoms with Gasteiger partial charge < -0.3 is 20.1 Å². The largest absolute Gasteiger partial charge is 0.457 e. The molecule has 2 N–H and O–H groups in total. The summed E-state index contributed by atoms with van der Waals surface area (Å²) in [5.41, 5.74) is 7.73. The molecular formula is C28H31N3O4. The average molecular weight is 474 g/mol. The zero-order valence-electron chi connectivity index (χ0n) is 20.4. The van der Waals surface area contributed by atoms with Crippen molar-refractivity contribution in [1.29, 1.82) is 0 Å². The van der Waals surface area contributed by atoms with Crippen LogP contribution in [0, 0.1) is 0 Å². The number of hydrogen-bond donors (Lipinski definition) is 1. The number of nitrogens with zero attached hydrogens (tertiary/aromatic N) is 2. The van der Waals surface area contributed by atoms with Crippen LogP contribution in [0.5, 0.6) is 11.5 Å². The van der Waals surface area contributed by atoms with E-state index in [4.69, 9.17) is 20.2 Å². The van der Waals surface area contributed by atoms with Gasteiger partial charge in [0.2, 0.25) is 0 Å². The van der Waals surface area contributed by atoms with Crippen LogP contribution in [0.15, 0.2) is 66.7 Å². The minimum atomic E-state index is -0.525. The molecule has 1 aliphatic rings. The minimum absolute atomic E-state index is 0.176. The van der Waals surface area contributed by atoms with E-state index in [1.165, 1.54) is 0 Å². The summed E-state index contributed by atoms with van der Waals surface area (Å²) in [5.74, 6) is 1.08. The first-order chi connectivity index (χ1) is 16.7. The molecule has 0 bridgehead atoms. The highest BCUT2D eigenvalue weighted by molar-refractivity contribution is 5.98. The van der Waals surface area contributed by atoms with E-state index in [1.807, 2.05) is 81.4 Å². The molecule has 3 aromatic rings. The molecule has 1 aromatic heterocycles. The van der Waals surface area contributed by atoms with E-state index in [-0.39, 0.29) is 12.0 Å². The summed E-state index contributed by atoms with van der Waals surface area (Å²) in [6.07, 6.45) is 1.25. The molecule has 0 spiro atoms. The molecule has 0 atom stereocenters. The molecule has 0 unspecified atom stereocenters. The maximum absolute atomic E-state index is 12.4. The number of ether oxygens (including phenoxy) is 2. The summed E-state index contributed by atoms with van der Waals surface area (Å²) in [7, 11) is 0. The SMILES string of the molecule is CC(C)(C)OC(=O)N1CCC(c2ccc(C(N)=O)c(-c3ccc(Oc4ccccc4)cc3)n2)CC1. The van der Waals surface area contributed by atoms with Crippen molar-refractivity contribution in [1.82, 2.24) is 9.88 Å². The smallest absolute Gasteiger partial charge is 0.410 e. The third-order valence-electron chi connectivity index (χ3n) is 5.85. The fraction of sp³-hybridized carbons (Fsp3) is 0.321. The maximum atomic E-state index is 12.4. The molecule has 7 heteroatoms. The van der Waals surface area contributed by atoms with Crippen LogP contribution in [0.3, 0.4) is 0 Å². The van der Waals surface area contributed by atoms with E-state index < -0.39 is 11.5 Å². The van der Waals surface area contributed by atoms with Crippen molar-refractivity contribution in [3.63, 3.8) is 0 Å². The number of para-hydroxylation sites is 1. The van der Waals surface area contributed by atoms with E-state index in [0.29, 0.717) is 30.1 Å². The Morgan fingerprint density at radius 3 is 2.14 bits per heavy atom. The van der Waals surface area contributed by atoms with Crippen LogP contribution in [0.4, 0.5) is 4.79 Å². The lowest BCUT2D eigenvalue weighted by Gasteiger charge is -2.33. The Hall–Kier alpha value is -3.87. The fourth-order valence-corrected chi connectivity index (χ4v) is 4.11. The van der Waals surface area contributed by atoms with Crippen molar-refractivity contribution in [3.8, 4) is 22.8 Å². The molecule has 0 aliphatic carbocycles. The summed E-state index contributed by atoms with van der Waals surface area (Å²) < 4.78 is 11.4. The monoisotopic (exact) mass is 473 g/mol. The molecule has 0 radical (unpaired) electrons. The van der Waals surface area contributed by atoms with Gasteiger partial charge in [-0.25, -0.2) is 4.79 Å². The lowest BCUT2D eigenvalue weighted by molar-refractivity contribution is 0.0204. The number of rotatable bonds is 5. The van der Waals surface area contributed by atoms with Gasteiger partial charge in [-0.2, -0.15) is 0 Å². The minimum Gasteiger partial charge on any atom is -0.457 e. The van der Waals surface area contributed by atoms with Gasteiger partial charge in [-0.1, -0.05) is 18.2 Å². The number of benzene rings is 2. The molecule has 0 saturated carbocycles. The van der Waals surface area contributed by atoms with Crippen molar-refractivity contribution in [2.24, 2.45) is 5.73 Å². The first kappa shape index (κ1) is 24.3. The topological polar surface area (TPSA) is 94.8 Å². The van der Waals surface area contributed by atoms with Gasteiger partial charge in [0.25, 0.3) is 5.91 Å². The number of aromatic nitrogens is 1. The Labute approximate surface area is 205 Å². The van der Waals surface area contributed by atoms with Crippen LogP contribution in [-0.4, -0.2) is 40.6 Å². The highest BCUT2D eigenvalue weighted by Gasteiger charge is 2.28. The third kappa shape index (κ3) is 6.18. The number of nitrogens with two attached hydrogens (primary N) is 1. The van der Waals surface area contributed by atoms with Crippen LogP contribution in [-0.2, 0) is 4.74 Å². The van der Waals surface area contributed by atoms with Gasteiger partial charge >= 0.3 is 6.09 Å². The molecule has 7 nitrogen and oxygen atoms in total. The second-order valence-corrected chi connectivity index (χ2v) is 9.68. The van der Waals surface area contributed by atoms with Crippen molar-refractivity contribution in [2.75, 3.05) is 13.1 Å². The molecule has 1 aliphatic heterocycles. The number of carbonyl (C=O) groups is 2. The molecule has 182 valence electrons. The first-order valence-electron chi connectivity index (χ1n) is 11.8. The fourth-order valence-electron chi connectivity index (χ4n) is 4.11. The van der Waals surface area contributed by atoms with Crippen molar-refractivity contribution in [2.45, 2.75) is 45.1 Å². The first-order valence-corrected chi connectivity index (χ1v) is 11.8. The van der Waals surface area contributed by atoms with E-state index in [0.717, 1.165) is 29.8 Å². The van der Waals surface area contributed by atoms with Crippen LogP contribution in [0.25, 0.3) is 11.3 Å². The van der Waals surface area contributed by atoms with Crippen LogP contribution < -0.4 is 10.5 Å². The van der Waals surface area contributed by atoms with Gasteiger partial charge in [0, 0.05) is 30.3 Å². The average Bonchev–Trinajstić information content (AvgIpc) is 2.84. The Kier molecular flexibility index (Phi) is 7.05. The molecular weight excluding hydrogens is 442 g/mol. The second kappa shape index (κ2) is 10.2. The van der Waals surface area contributed by atoms with Crippen molar-refractivity contribution >= 4 is 12.0 Å². The predicted molar refractivity (Wildman–Crippen MR) is 134 cm³/mol. The lowest BCUT2D eigenvalue weighted by atomic mass is 9.92. The molecule has 1 fully saturated rings. The van der Waals surface area contributed by atoms with Gasteiger partial charge in [0.15, 0.2) is 0 Å². The van der Waals surface area contributed by atoms with E-state index >= 15 is 0 Å².